The molecule has 0 aromatic carbocycles. The zero-order chi connectivity index (χ0) is 8.27. The van der Waals surface area contributed by atoms with Crippen LogP contribution in [0.3, 0.4) is 0 Å². The molecule has 0 amide bonds. The molecular weight excluding hydrogens is 164 g/mol. The Hall–Kier alpha value is -1.16. The molecule has 4 heteroatoms. The number of carboxylic acids is 1. The van der Waals surface area contributed by atoms with Gasteiger partial charge in [0.1, 0.15) is 0 Å². The van der Waals surface area contributed by atoms with Crippen LogP contribution in [0.15, 0.2) is 11.4 Å². The van der Waals surface area contributed by atoms with E-state index in [4.69, 9.17) is 5.11 Å². The van der Waals surface area contributed by atoms with Crippen molar-refractivity contribution in [1.29, 1.82) is 0 Å². The fourth-order valence-corrected chi connectivity index (χ4v) is 1.53. The summed E-state index contributed by atoms with van der Waals surface area (Å²) in [5, 5.41) is 10.2. The van der Waals surface area contributed by atoms with Crippen molar-refractivity contribution in [1.82, 2.24) is 0 Å². The van der Waals surface area contributed by atoms with Crippen LogP contribution in [0.25, 0.3) is 0 Å². The summed E-state index contributed by atoms with van der Waals surface area (Å²) < 4.78 is 0. The molecule has 0 saturated carbocycles. The van der Waals surface area contributed by atoms with E-state index in [0.717, 1.165) is 0 Å². The lowest BCUT2D eigenvalue weighted by Gasteiger charge is -1.90. The van der Waals surface area contributed by atoms with Gasteiger partial charge in [-0.1, -0.05) is 0 Å². The standard InChI is InChI=1S/C7H5O3S/c8-3-1-6-5(7(9)10)2-4-11-6/h2,4H,1H2,(H,9,10). The first-order valence-electron chi connectivity index (χ1n) is 2.90. The Morgan fingerprint density at radius 2 is 2.45 bits per heavy atom. The second-order valence-corrected chi connectivity index (χ2v) is 2.88. The molecule has 1 rings (SSSR count). The van der Waals surface area contributed by atoms with Gasteiger partial charge in [0.05, 0.1) is 5.56 Å². The van der Waals surface area contributed by atoms with Gasteiger partial charge in [-0.15, -0.1) is 11.3 Å². The van der Waals surface area contributed by atoms with Gasteiger partial charge >= 0.3 is 5.97 Å². The van der Waals surface area contributed by atoms with Gasteiger partial charge in [-0.25, -0.2) is 4.79 Å². The molecule has 0 aliphatic carbocycles. The number of hydrogen-bond donors (Lipinski definition) is 1. The molecule has 3 nitrogen and oxygen atoms in total. The van der Waals surface area contributed by atoms with Gasteiger partial charge in [-0.3, -0.25) is 4.79 Å². The highest BCUT2D eigenvalue weighted by Crippen LogP contribution is 2.16. The van der Waals surface area contributed by atoms with E-state index in [0.29, 0.717) is 4.88 Å². The minimum atomic E-state index is -0.989. The van der Waals surface area contributed by atoms with Crippen LogP contribution >= 0.6 is 11.3 Å². The zero-order valence-corrected chi connectivity index (χ0v) is 6.35. The zero-order valence-electron chi connectivity index (χ0n) is 5.53. The third-order valence-corrected chi connectivity index (χ3v) is 2.13. The molecule has 0 saturated heterocycles. The number of carboxylic acid groups (broad SMARTS) is 1. The molecule has 11 heavy (non-hydrogen) atoms. The molecule has 1 radical (unpaired) electrons. The Kier molecular flexibility index (Phi) is 2.38. The van der Waals surface area contributed by atoms with Crippen molar-refractivity contribution in [2.75, 3.05) is 0 Å². The summed E-state index contributed by atoms with van der Waals surface area (Å²) in [5.41, 5.74) is 0.207. The predicted molar refractivity (Wildman–Crippen MR) is 40.7 cm³/mol. The second-order valence-electron chi connectivity index (χ2n) is 1.88. The number of aromatic carboxylic acids is 1. The summed E-state index contributed by atoms with van der Waals surface area (Å²) in [5.74, 6) is -0.989. The molecule has 0 spiro atoms. The average Bonchev–Trinajstić information content (AvgIpc) is 2.36. The highest BCUT2D eigenvalue weighted by Gasteiger charge is 2.09. The van der Waals surface area contributed by atoms with Gasteiger partial charge in [0.15, 0.2) is 0 Å². The first-order chi connectivity index (χ1) is 5.25. The van der Waals surface area contributed by atoms with Crippen molar-refractivity contribution in [2.24, 2.45) is 0 Å². The van der Waals surface area contributed by atoms with E-state index in [2.05, 4.69) is 0 Å². The van der Waals surface area contributed by atoms with Crippen LogP contribution in [0, 0.1) is 0 Å². The molecule has 1 heterocycles. The summed E-state index contributed by atoms with van der Waals surface area (Å²) >= 11 is 1.26. The highest BCUT2D eigenvalue weighted by molar-refractivity contribution is 7.10. The van der Waals surface area contributed by atoms with Crippen molar-refractivity contribution in [3.05, 3.63) is 21.9 Å². The van der Waals surface area contributed by atoms with Crippen molar-refractivity contribution < 1.29 is 14.7 Å². The van der Waals surface area contributed by atoms with Gasteiger partial charge in [-0.2, -0.15) is 0 Å². The lowest BCUT2D eigenvalue weighted by atomic mass is 10.2. The normalized spacial score (nSPS) is 9.45. The van der Waals surface area contributed by atoms with Crippen molar-refractivity contribution >= 4 is 23.6 Å². The van der Waals surface area contributed by atoms with Crippen molar-refractivity contribution in [2.45, 2.75) is 6.42 Å². The summed E-state index contributed by atoms with van der Waals surface area (Å²) in [4.78, 5) is 20.9. The van der Waals surface area contributed by atoms with Gasteiger partial charge in [0, 0.05) is 11.3 Å². The Labute approximate surface area is 67.3 Å². The Balaban J connectivity index is 2.95. The van der Waals surface area contributed by atoms with Crippen LogP contribution < -0.4 is 0 Å². The third-order valence-electron chi connectivity index (χ3n) is 1.21. The highest BCUT2D eigenvalue weighted by atomic mass is 32.1. The number of rotatable bonds is 3. The van der Waals surface area contributed by atoms with E-state index in [-0.39, 0.29) is 12.0 Å². The minimum Gasteiger partial charge on any atom is -0.478 e. The number of carbonyl (C=O) groups is 1. The van der Waals surface area contributed by atoms with Gasteiger partial charge < -0.3 is 5.11 Å². The minimum absolute atomic E-state index is 0.0687. The molecule has 57 valence electrons. The Morgan fingerprint density at radius 1 is 1.73 bits per heavy atom. The van der Waals surface area contributed by atoms with Crippen LogP contribution in [0.2, 0.25) is 0 Å². The topological polar surface area (TPSA) is 54.4 Å². The maximum atomic E-state index is 10.4. The van der Waals surface area contributed by atoms with E-state index in [9.17, 15) is 9.59 Å². The first-order valence-corrected chi connectivity index (χ1v) is 3.78. The number of thiophene rings is 1. The third kappa shape index (κ3) is 1.65. The summed E-state index contributed by atoms with van der Waals surface area (Å²) in [7, 11) is 0. The largest absolute Gasteiger partial charge is 0.478 e. The fourth-order valence-electron chi connectivity index (χ4n) is 0.734. The predicted octanol–water partition coefficient (Wildman–Crippen LogP) is 1.10. The van der Waals surface area contributed by atoms with Crippen molar-refractivity contribution in [3.63, 3.8) is 0 Å². The molecule has 0 bridgehead atoms. The van der Waals surface area contributed by atoms with E-state index in [1.165, 1.54) is 17.4 Å². The van der Waals surface area contributed by atoms with E-state index in [1.54, 1.807) is 11.7 Å². The quantitative estimate of drug-likeness (QED) is 0.737. The van der Waals surface area contributed by atoms with Crippen LogP contribution in [0.5, 0.6) is 0 Å². The van der Waals surface area contributed by atoms with Crippen LogP contribution in [-0.2, 0) is 11.2 Å². The molecule has 1 aromatic rings. The molecule has 0 fully saturated rings. The smallest absolute Gasteiger partial charge is 0.336 e. The van der Waals surface area contributed by atoms with E-state index >= 15 is 0 Å². The summed E-state index contributed by atoms with van der Waals surface area (Å²) in [6, 6.07) is 1.49. The van der Waals surface area contributed by atoms with Crippen molar-refractivity contribution in [3.8, 4) is 0 Å². The van der Waals surface area contributed by atoms with Gasteiger partial charge in [-0.05, 0) is 11.4 Å². The van der Waals surface area contributed by atoms with Crippen LogP contribution in [0.4, 0.5) is 0 Å². The SMILES string of the molecule is O=[C]Cc1sccc1C(=O)O. The first kappa shape index (κ1) is 7.94. The monoisotopic (exact) mass is 169 g/mol. The molecule has 0 aliphatic rings. The van der Waals surface area contributed by atoms with E-state index < -0.39 is 5.97 Å². The Bertz CT molecular complexity index is 277. The lowest BCUT2D eigenvalue weighted by molar-refractivity contribution is 0.0696. The van der Waals surface area contributed by atoms with Gasteiger partial charge in [0.25, 0.3) is 0 Å². The number of hydrogen-bond acceptors (Lipinski definition) is 3. The molecule has 0 aliphatic heterocycles. The van der Waals surface area contributed by atoms with E-state index in [1.807, 2.05) is 0 Å². The molecular formula is C7H5O3S. The molecule has 1 aromatic heterocycles. The Morgan fingerprint density at radius 3 is 3.00 bits per heavy atom. The van der Waals surface area contributed by atoms with Gasteiger partial charge in [0.2, 0.25) is 6.29 Å². The fraction of sp³-hybridized carbons (Fsp3) is 0.143. The molecule has 0 atom stereocenters. The summed E-state index contributed by atoms with van der Waals surface area (Å²) in [6.45, 7) is 0. The second kappa shape index (κ2) is 3.30. The molecule has 1 N–H and O–H groups in total. The number of carbonyl (C=O) groups excluding carboxylic acids is 1. The maximum absolute atomic E-state index is 10.4. The average molecular weight is 169 g/mol. The van der Waals surface area contributed by atoms with Crippen LogP contribution in [-0.4, -0.2) is 17.4 Å². The lowest BCUT2D eigenvalue weighted by Crippen LogP contribution is -1.98. The maximum Gasteiger partial charge on any atom is 0.336 e. The van der Waals surface area contributed by atoms with Crippen LogP contribution in [0.1, 0.15) is 15.2 Å². The summed E-state index contributed by atoms with van der Waals surface area (Å²) in [6.07, 6.45) is 1.73. The molecule has 0 unspecified atom stereocenters.